The fourth-order valence-corrected chi connectivity index (χ4v) is 3.63. The summed E-state index contributed by atoms with van der Waals surface area (Å²) in [5.74, 6) is 1.65. The first-order valence-electron chi connectivity index (χ1n) is 10.1. The van der Waals surface area contributed by atoms with Crippen LogP contribution in [0.3, 0.4) is 0 Å². The van der Waals surface area contributed by atoms with Gasteiger partial charge in [0.2, 0.25) is 13.1 Å². The van der Waals surface area contributed by atoms with Crippen LogP contribution in [0.2, 0.25) is 0 Å². The summed E-state index contributed by atoms with van der Waals surface area (Å²) in [7, 11) is 0. The van der Waals surface area contributed by atoms with Crippen molar-refractivity contribution in [3.63, 3.8) is 0 Å². The topological polar surface area (TPSA) is 77.2 Å². The molecule has 0 radical (unpaired) electrons. The molecule has 2 aromatic rings. The summed E-state index contributed by atoms with van der Waals surface area (Å²) in [5, 5.41) is 9.18. The van der Waals surface area contributed by atoms with Crippen LogP contribution in [-0.4, -0.2) is 42.1 Å². The number of hydrogen-bond donors (Lipinski definition) is 1. The molecular formula is C23H23NO6. The summed E-state index contributed by atoms with van der Waals surface area (Å²) in [6.07, 6.45) is 1.93. The van der Waals surface area contributed by atoms with Crippen LogP contribution in [0.15, 0.2) is 54.3 Å². The summed E-state index contributed by atoms with van der Waals surface area (Å²) in [6.45, 7) is 2.11. The maximum absolute atomic E-state index is 12.6. The maximum Gasteiger partial charge on any atom is 0.288 e. The van der Waals surface area contributed by atoms with Crippen LogP contribution < -0.4 is 9.47 Å². The maximum atomic E-state index is 12.6. The lowest BCUT2D eigenvalue weighted by molar-refractivity contribution is -0.152. The second-order valence-electron chi connectivity index (χ2n) is 7.61. The number of aliphatic hydroxyl groups excluding tert-OH is 1. The van der Waals surface area contributed by atoms with E-state index in [1.165, 1.54) is 0 Å². The molecule has 0 spiro atoms. The van der Waals surface area contributed by atoms with Crippen LogP contribution in [0.1, 0.15) is 29.0 Å². The SMILES string of the molecule is O=C(C1=C[C@@H](c2ccc3c(c2)OCO3)C[C@@H](OCc2ccc(CO)cc2)O1)N1CC1. The Morgan fingerprint density at radius 3 is 2.60 bits per heavy atom. The summed E-state index contributed by atoms with van der Waals surface area (Å²) in [6, 6.07) is 13.4. The summed E-state index contributed by atoms with van der Waals surface area (Å²) < 4.78 is 22.8. The Balaban J connectivity index is 1.33. The zero-order valence-electron chi connectivity index (χ0n) is 16.5. The van der Waals surface area contributed by atoms with Gasteiger partial charge in [0.1, 0.15) is 0 Å². The van der Waals surface area contributed by atoms with Gasteiger partial charge in [0.25, 0.3) is 5.91 Å². The molecule has 2 atom stereocenters. The monoisotopic (exact) mass is 409 g/mol. The lowest BCUT2D eigenvalue weighted by Crippen LogP contribution is -2.29. The van der Waals surface area contributed by atoms with E-state index in [4.69, 9.17) is 18.9 Å². The number of carbonyl (C=O) groups is 1. The number of nitrogens with zero attached hydrogens (tertiary/aromatic N) is 1. The first kappa shape index (κ1) is 19.0. The van der Waals surface area contributed by atoms with Crippen LogP contribution in [0.5, 0.6) is 11.5 Å². The first-order chi connectivity index (χ1) is 14.7. The van der Waals surface area contributed by atoms with Gasteiger partial charge in [0.15, 0.2) is 17.3 Å². The van der Waals surface area contributed by atoms with Crippen molar-refractivity contribution in [1.29, 1.82) is 0 Å². The lowest BCUT2D eigenvalue weighted by atomic mass is 9.92. The van der Waals surface area contributed by atoms with Crippen LogP contribution in [-0.2, 0) is 27.5 Å². The fourth-order valence-electron chi connectivity index (χ4n) is 3.63. The van der Waals surface area contributed by atoms with Crippen molar-refractivity contribution < 1.29 is 28.8 Å². The van der Waals surface area contributed by atoms with E-state index in [1.54, 1.807) is 4.90 Å². The van der Waals surface area contributed by atoms with E-state index in [0.717, 1.165) is 35.5 Å². The highest BCUT2D eigenvalue weighted by Crippen LogP contribution is 2.39. The van der Waals surface area contributed by atoms with Gasteiger partial charge in [-0.1, -0.05) is 30.3 Å². The van der Waals surface area contributed by atoms with Gasteiger partial charge >= 0.3 is 0 Å². The van der Waals surface area contributed by atoms with E-state index in [1.807, 2.05) is 48.5 Å². The normalized spacial score (nSPS) is 21.8. The molecule has 7 nitrogen and oxygen atoms in total. The van der Waals surface area contributed by atoms with Crippen LogP contribution in [0.25, 0.3) is 0 Å². The molecule has 3 heterocycles. The van der Waals surface area contributed by atoms with Crippen molar-refractivity contribution in [2.75, 3.05) is 19.9 Å². The van der Waals surface area contributed by atoms with Gasteiger partial charge in [0, 0.05) is 25.4 Å². The molecule has 1 saturated heterocycles. The van der Waals surface area contributed by atoms with E-state index in [2.05, 4.69) is 0 Å². The zero-order chi connectivity index (χ0) is 20.5. The van der Waals surface area contributed by atoms with Crippen LogP contribution >= 0.6 is 0 Å². The second kappa shape index (κ2) is 8.01. The molecule has 0 bridgehead atoms. The lowest BCUT2D eigenvalue weighted by Gasteiger charge is -2.29. The number of allylic oxidation sites excluding steroid dienone is 1. The van der Waals surface area contributed by atoms with Gasteiger partial charge in [-0.15, -0.1) is 0 Å². The van der Waals surface area contributed by atoms with Crippen molar-refractivity contribution in [1.82, 2.24) is 4.90 Å². The number of hydrogen-bond acceptors (Lipinski definition) is 6. The van der Waals surface area contributed by atoms with Crippen molar-refractivity contribution in [3.8, 4) is 11.5 Å². The molecular weight excluding hydrogens is 386 g/mol. The predicted molar refractivity (Wildman–Crippen MR) is 107 cm³/mol. The Hall–Kier alpha value is -3.03. The number of ether oxygens (including phenoxy) is 4. The number of aliphatic hydroxyl groups is 1. The summed E-state index contributed by atoms with van der Waals surface area (Å²) in [5.41, 5.74) is 2.85. The van der Waals surface area contributed by atoms with Crippen molar-refractivity contribution in [2.24, 2.45) is 0 Å². The smallest absolute Gasteiger partial charge is 0.288 e. The minimum Gasteiger partial charge on any atom is -0.459 e. The molecule has 5 rings (SSSR count). The van der Waals surface area contributed by atoms with Gasteiger partial charge in [-0.25, -0.2) is 0 Å². The van der Waals surface area contributed by atoms with Gasteiger partial charge < -0.3 is 29.0 Å². The Kier molecular flexibility index (Phi) is 5.06. The third kappa shape index (κ3) is 3.99. The second-order valence-corrected chi connectivity index (χ2v) is 7.61. The highest BCUT2D eigenvalue weighted by molar-refractivity contribution is 5.93. The van der Waals surface area contributed by atoms with E-state index < -0.39 is 6.29 Å². The van der Waals surface area contributed by atoms with Gasteiger partial charge in [-0.3, -0.25) is 4.79 Å². The molecule has 1 N–H and O–H groups in total. The van der Waals surface area contributed by atoms with Gasteiger partial charge in [-0.05, 0) is 34.9 Å². The van der Waals surface area contributed by atoms with Crippen molar-refractivity contribution in [2.45, 2.75) is 31.8 Å². The molecule has 156 valence electrons. The minimum absolute atomic E-state index is 0.0108. The Morgan fingerprint density at radius 1 is 1.07 bits per heavy atom. The number of fused-ring (bicyclic) bond motifs is 1. The molecule has 0 aromatic heterocycles. The number of amides is 1. The van der Waals surface area contributed by atoms with E-state index in [0.29, 0.717) is 24.5 Å². The molecule has 3 aliphatic heterocycles. The first-order valence-corrected chi connectivity index (χ1v) is 10.1. The van der Waals surface area contributed by atoms with Crippen LogP contribution in [0.4, 0.5) is 0 Å². The molecule has 0 aliphatic carbocycles. The third-order valence-corrected chi connectivity index (χ3v) is 5.47. The predicted octanol–water partition coefficient (Wildman–Crippen LogP) is 2.68. The number of benzene rings is 2. The average Bonchev–Trinajstić information content (AvgIpc) is 3.54. The van der Waals surface area contributed by atoms with Gasteiger partial charge in [-0.2, -0.15) is 0 Å². The summed E-state index contributed by atoms with van der Waals surface area (Å²) >= 11 is 0. The molecule has 7 heteroatoms. The molecule has 0 unspecified atom stereocenters. The molecule has 3 aliphatic rings. The van der Waals surface area contributed by atoms with E-state index in [9.17, 15) is 9.90 Å². The van der Waals surface area contributed by atoms with Crippen molar-refractivity contribution >= 4 is 5.91 Å². The minimum atomic E-state index is -0.540. The van der Waals surface area contributed by atoms with E-state index >= 15 is 0 Å². The fraction of sp³-hybridized carbons (Fsp3) is 0.348. The zero-order valence-corrected chi connectivity index (χ0v) is 16.5. The largest absolute Gasteiger partial charge is 0.459 e. The average molecular weight is 409 g/mol. The Morgan fingerprint density at radius 2 is 1.83 bits per heavy atom. The molecule has 0 saturated carbocycles. The Labute approximate surface area is 174 Å². The third-order valence-electron chi connectivity index (χ3n) is 5.47. The summed E-state index contributed by atoms with van der Waals surface area (Å²) in [4.78, 5) is 14.4. The Bertz CT molecular complexity index is 966. The van der Waals surface area contributed by atoms with E-state index in [-0.39, 0.29) is 25.2 Å². The standard InChI is InChI=1S/C23H23NO6/c25-12-15-1-3-16(4-2-15)13-27-22-11-18(10-21(30-22)23(26)24-7-8-24)17-5-6-19-20(9-17)29-14-28-19/h1-6,9-10,18,22,25H,7-8,11-14H2/t18-,22+/m1/s1. The molecule has 2 aromatic carbocycles. The van der Waals surface area contributed by atoms with Crippen molar-refractivity contribution in [3.05, 3.63) is 71.0 Å². The molecule has 1 fully saturated rings. The van der Waals surface area contributed by atoms with Gasteiger partial charge in [0.05, 0.1) is 13.2 Å². The molecule has 1 amide bonds. The number of rotatable bonds is 6. The molecule has 30 heavy (non-hydrogen) atoms. The highest BCUT2D eigenvalue weighted by atomic mass is 16.7. The quantitative estimate of drug-likeness (QED) is 0.740. The van der Waals surface area contributed by atoms with Crippen LogP contribution in [0, 0.1) is 0 Å². The number of carbonyl (C=O) groups excluding carboxylic acids is 1. The highest BCUT2D eigenvalue weighted by Gasteiger charge is 2.34.